The number of aryl methyl sites for hydroxylation is 1. The number of carbonyl (C=O) groups excluding carboxylic acids is 1. The molecule has 3 rings (SSSR count). The number of hydrogen-bond acceptors (Lipinski definition) is 4. The minimum atomic E-state index is -0.152. The maximum absolute atomic E-state index is 12.9. The van der Waals surface area contributed by atoms with Gasteiger partial charge in [0.1, 0.15) is 11.6 Å². The summed E-state index contributed by atoms with van der Waals surface area (Å²) in [7, 11) is 0. The second-order valence-electron chi connectivity index (χ2n) is 8.73. The Balaban J connectivity index is 1.70. The van der Waals surface area contributed by atoms with Gasteiger partial charge < -0.3 is 14.2 Å². The van der Waals surface area contributed by atoms with Gasteiger partial charge in [-0.25, -0.2) is 0 Å². The molecule has 1 atom stereocenters. The number of ether oxygens (including phenoxy) is 1. The summed E-state index contributed by atoms with van der Waals surface area (Å²) in [5, 5.41) is 9.65. The molecule has 29 heavy (non-hydrogen) atoms. The average Bonchev–Trinajstić information content (AvgIpc) is 3.30. The lowest BCUT2D eigenvalue weighted by Crippen LogP contribution is -2.49. The molecule has 0 bridgehead atoms. The number of amides is 1. The van der Waals surface area contributed by atoms with E-state index in [9.17, 15) is 10.1 Å². The van der Waals surface area contributed by atoms with Gasteiger partial charge in [-0.1, -0.05) is 13.8 Å². The Morgan fingerprint density at radius 3 is 2.62 bits per heavy atom. The molecule has 6 nitrogen and oxygen atoms in total. The lowest BCUT2D eigenvalue weighted by atomic mass is 10.1. The first-order valence-electron chi connectivity index (χ1n) is 10.8. The fourth-order valence-corrected chi connectivity index (χ4v) is 4.36. The highest BCUT2D eigenvalue weighted by molar-refractivity contribution is 6.01. The van der Waals surface area contributed by atoms with E-state index in [1.807, 2.05) is 4.90 Å². The molecule has 2 aliphatic rings. The van der Waals surface area contributed by atoms with Crippen LogP contribution in [-0.2, 0) is 16.1 Å². The Hall–Kier alpha value is -2.10. The summed E-state index contributed by atoms with van der Waals surface area (Å²) in [6, 6.07) is 4.21. The van der Waals surface area contributed by atoms with Crippen LogP contribution >= 0.6 is 0 Å². The lowest BCUT2D eigenvalue weighted by molar-refractivity contribution is -0.128. The molecule has 158 valence electrons. The zero-order chi connectivity index (χ0) is 21.0. The first-order chi connectivity index (χ1) is 13.9. The topological polar surface area (TPSA) is 61.5 Å². The molecule has 2 saturated heterocycles. The molecule has 1 amide bonds. The van der Waals surface area contributed by atoms with Crippen LogP contribution < -0.4 is 0 Å². The standard InChI is InChI=1S/C23H34N4O2/c1-17(2)15-25-7-9-26(10-8-25)23(28)21(14-24)13-20-12-18(3)27(19(20)4)16-22-6-5-11-29-22/h12-13,17,22H,5-11,15-16H2,1-4H3/b21-13-. The largest absolute Gasteiger partial charge is 0.376 e. The summed E-state index contributed by atoms with van der Waals surface area (Å²) in [4.78, 5) is 17.1. The Morgan fingerprint density at radius 1 is 1.31 bits per heavy atom. The number of nitrogens with zero attached hydrogens (tertiary/aromatic N) is 4. The van der Waals surface area contributed by atoms with Crippen molar-refractivity contribution in [3.63, 3.8) is 0 Å². The van der Waals surface area contributed by atoms with E-state index >= 15 is 0 Å². The number of aromatic nitrogens is 1. The van der Waals surface area contributed by atoms with Gasteiger partial charge in [0.15, 0.2) is 0 Å². The highest BCUT2D eigenvalue weighted by Gasteiger charge is 2.25. The fraction of sp³-hybridized carbons (Fsp3) is 0.652. The maximum Gasteiger partial charge on any atom is 0.264 e. The van der Waals surface area contributed by atoms with E-state index in [-0.39, 0.29) is 17.6 Å². The summed E-state index contributed by atoms with van der Waals surface area (Å²) in [6.07, 6.45) is 4.23. The van der Waals surface area contributed by atoms with Gasteiger partial charge in [-0.05, 0) is 50.3 Å². The molecule has 0 N–H and O–H groups in total. The zero-order valence-electron chi connectivity index (χ0n) is 18.3. The fourth-order valence-electron chi connectivity index (χ4n) is 4.36. The van der Waals surface area contributed by atoms with Crippen LogP contribution in [0.5, 0.6) is 0 Å². The SMILES string of the molecule is Cc1cc(/C=C(/C#N)C(=O)N2CCN(CC(C)C)CC2)c(C)n1CC1CCCO1. The van der Waals surface area contributed by atoms with Crippen molar-refractivity contribution in [2.75, 3.05) is 39.3 Å². The summed E-state index contributed by atoms with van der Waals surface area (Å²) in [5.74, 6) is 0.470. The average molecular weight is 399 g/mol. The third kappa shape index (κ3) is 5.29. The summed E-state index contributed by atoms with van der Waals surface area (Å²) >= 11 is 0. The van der Waals surface area contributed by atoms with Gasteiger partial charge in [0.25, 0.3) is 5.91 Å². The maximum atomic E-state index is 12.9. The normalized spacial score (nSPS) is 21.0. The Morgan fingerprint density at radius 2 is 2.03 bits per heavy atom. The second-order valence-corrected chi connectivity index (χ2v) is 8.73. The van der Waals surface area contributed by atoms with E-state index < -0.39 is 0 Å². The number of carbonyl (C=O) groups is 1. The molecule has 0 aromatic carbocycles. The van der Waals surface area contributed by atoms with Gasteiger partial charge in [-0.15, -0.1) is 0 Å². The van der Waals surface area contributed by atoms with Crippen LogP contribution in [0.4, 0.5) is 0 Å². The van der Waals surface area contributed by atoms with E-state index in [4.69, 9.17) is 4.74 Å². The molecule has 3 heterocycles. The van der Waals surface area contributed by atoms with Gasteiger partial charge in [0, 0.05) is 57.3 Å². The van der Waals surface area contributed by atoms with Crippen LogP contribution in [0.25, 0.3) is 6.08 Å². The van der Waals surface area contributed by atoms with Gasteiger partial charge in [0.2, 0.25) is 0 Å². The predicted molar refractivity (Wildman–Crippen MR) is 114 cm³/mol. The first-order valence-corrected chi connectivity index (χ1v) is 10.8. The van der Waals surface area contributed by atoms with Crippen molar-refractivity contribution < 1.29 is 9.53 Å². The Labute approximate surface area is 174 Å². The van der Waals surface area contributed by atoms with Crippen molar-refractivity contribution in [1.29, 1.82) is 5.26 Å². The van der Waals surface area contributed by atoms with Crippen LogP contribution in [0.3, 0.4) is 0 Å². The lowest BCUT2D eigenvalue weighted by Gasteiger charge is -2.35. The predicted octanol–water partition coefficient (Wildman–Crippen LogP) is 2.99. The summed E-state index contributed by atoms with van der Waals surface area (Å²) < 4.78 is 8.02. The molecular weight excluding hydrogens is 364 g/mol. The van der Waals surface area contributed by atoms with Gasteiger partial charge in [0.05, 0.1) is 6.10 Å². The molecule has 1 unspecified atom stereocenters. The zero-order valence-corrected chi connectivity index (χ0v) is 18.3. The van der Waals surface area contributed by atoms with Crippen LogP contribution in [0.15, 0.2) is 11.6 Å². The van der Waals surface area contributed by atoms with E-state index in [2.05, 4.69) is 49.3 Å². The van der Waals surface area contributed by atoms with Crippen LogP contribution in [0.2, 0.25) is 0 Å². The molecule has 2 aliphatic heterocycles. The van der Waals surface area contributed by atoms with Crippen LogP contribution in [0, 0.1) is 31.1 Å². The number of nitriles is 1. The second kappa shape index (κ2) is 9.60. The van der Waals surface area contributed by atoms with Crippen LogP contribution in [-0.4, -0.2) is 65.7 Å². The molecule has 1 aromatic heterocycles. The van der Waals surface area contributed by atoms with Crippen molar-refractivity contribution >= 4 is 12.0 Å². The van der Waals surface area contributed by atoms with Crippen molar-refractivity contribution in [3.8, 4) is 6.07 Å². The minimum absolute atomic E-state index is 0.152. The first kappa shape index (κ1) is 21.6. The molecule has 0 radical (unpaired) electrons. The summed E-state index contributed by atoms with van der Waals surface area (Å²) in [5.41, 5.74) is 3.39. The molecule has 0 spiro atoms. The molecule has 2 fully saturated rings. The third-order valence-electron chi connectivity index (χ3n) is 5.96. The van der Waals surface area contributed by atoms with E-state index in [0.717, 1.165) is 62.6 Å². The third-order valence-corrected chi connectivity index (χ3v) is 5.96. The van der Waals surface area contributed by atoms with Crippen molar-refractivity contribution in [3.05, 3.63) is 28.6 Å². The molecule has 0 aliphatic carbocycles. The number of rotatable bonds is 6. The van der Waals surface area contributed by atoms with Crippen LogP contribution in [0.1, 0.15) is 43.6 Å². The van der Waals surface area contributed by atoms with Gasteiger partial charge in [-0.3, -0.25) is 9.69 Å². The molecular formula is C23H34N4O2. The monoisotopic (exact) mass is 398 g/mol. The van der Waals surface area contributed by atoms with Crippen molar-refractivity contribution in [2.45, 2.75) is 53.2 Å². The van der Waals surface area contributed by atoms with Crippen molar-refractivity contribution in [1.82, 2.24) is 14.4 Å². The van der Waals surface area contributed by atoms with E-state index in [0.29, 0.717) is 19.0 Å². The summed E-state index contributed by atoms with van der Waals surface area (Å²) in [6.45, 7) is 14.4. The van der Waals surface area contributed by atoms with Crippen molar-refractivity contribution in [2.24, 2.45) is 5.92 Å². The van der Waals surface area contributed by atoms with Gasteiger partial charge in [-0.2, -0.15) is 5.26 Å². The molecule has 1 aromatic rings. The molecule has 0 saturated carbocycles. The Bertz CT molecular complexity index is 789. The highest BCUT2D eigenvalue weighted by atomic mass is 16.5. The van der Waals surface area contributed by atoms with E-state index in [1.54, 1.807) is 6.08 Å². The number of hydrogen-bond donors (Lipinski definition) is 0. The smallest absolute Gasteiger partial charge is 0.264 e. The number of piperazine rings is 1. The Kier molecular flexibility index (Phi) is 7.15. The van der Waals surface area contributed by atoms with Gasteiger partial charge >= 0.3 is 0 Å². The molecule has 6 heteroatoms. The quantitative estimate of drug-likeness (QED) is 0.546. The minimum Gasteiger partial charge on any atom is -0.376 e. The van der Waals surface area contributed by atoms with E-state index in [1.165, 1.54) is 0 Å². The highest BCUT2D eigenvalue weighted by Crippen LogP contribution is 2.22.